The van der Waals surface area contributed by atoms with Crippen LogP contribution in [0, 0.1) is 10.1 Å². The van der Waals surface area contributed by atoms with E-state index < -0.39 is 27.4 Å². The molecule has 0 saturated heterocycles. The van der Waals surface area contributed by atoms with Gasteiger partial charge in [0.2, 0.25) is 11.7 Å². The number of rotatable bonds is 5. The summed E-state index contributed by atoms with van der Waals surface area (Å²) in [5.74, 6) is 0.348. The van der Waals surface area contributed by atoms with Crippen molar-refractivity contribution in [2.75, 3.05) is 5.32 Å². The molecule has 0 aliphatic rings. The normalized spacial score (nSPS) is 11.4. The minimum atomic E-state index is -4.81. The summed E-state index contributed by atoms with van der Waals surface area (Å²) in [5, 5.41) is 16.8. The number of benzene rings is 1. The highest BCUT2D eigenvalue weighted by Crippen LogP contribution is 2.40. The lowest BCUT2D eigenvalue weighted by molar-refractivity contribution is -0.384. The van der Waals surface area contributed by atoms with Gasteiger partial charge in [0.15, 0.2) is 0 Å². The Balaban J connectivity index is 1.83. The Morgan fingerprint density at radius 1 is 1.26 bits per heavy atom. The van der Waals surface area contributed by atoms with E-state index in [0.29, 0.717) is 11.6 Å². The smallest absolute Gasteiger partial charge is 0.370 e. The zero-order chi connectivity index (χ0) is 19.6. The minimum Gasteiger partial charge on any atom is -0.370 e. The van der Waals surface area contributed by atoms with Crippen LogP contribution in [0.25, 0.3) is 11.4 Å². The number of anilines is 1. The first-order valence-corrected chi connectivity index (χ1v) is 7.65. The molecular formula is C15H9ClF3N5O3. The number of alkyl halides is 3. The largest absolute Gasteiger partial charge is 0.418 e. The summed E-state index contributed by atoms with van der Waals surface area (Å²) in [5.41, 5.74) is -1.63. The van der Waals surface area contributed by atoms with Crippen molar-refractivity contribution in [3.63, 3.8) is 0 Å². The molecule has 12 heteroatoms. The van der Waals surface area contributed by atoms with Crippen molar-refractivity contribution >= 4 is 23.0 Å². The van der Waals surface area contributed by atoms with Gasteiger partial charge >= 0.3 is 6.18 Å². The van der Waals surface area contributed by atoms with Crippen molar-refractivity contribution in [2.24, 2.45) is 0 Å². The molecule has 0 spiro atoms. The molecule has 0 atom stereocenters. The zero-order valence-electron chi connectivity index (χ0n) is 13.2. The van der Waals surface area contributed by atoms with Crippen LogP contribution in [0.3, 0.4) is 0 Å². The highest BCUT2D eigenvalue weighted by Gasteiger charge is 2.36. The average molecular weight is 400 g/mol. The summed E-state index contributed by atoms with van der Waals surface area (Å²) in [6.07, 6.45) is -1.74. The van der Waals surface area contributed by atoms with Crippen molar-refractivity contribution in [2.45, 2.75) is 12.7 Å². The summed E-state index contributed by atoms with van der Waals surface area (Å²) in [6, 6.07) is 4.52. The van der Waals surface area contributed by atoms with E-state index in [9.17, 15) is 23.3 Å². The number of hydrogen-bond acceptors (Lipinski definition) is 7. The number of nitro benzene ring substituents is 1. The van der Waals surface area contributed by atoms with Gasteiger partial charge in [0.25, 0.3) is 5.69 Å². The molecule has 0 radical (unpaired) electrons. The molecule has 3 rings (SSSR count). The summed E-state index contributed by atoms with van der Waals surface area (Å²) in [6.45, 7) is -0.152. The van der Waals surface area contributed by atoms with E-state index >= 15 is 0 Å². The monoisotopic (exact) mass is 399 g/mol. The second kappa shape index (κ2) is 7.19. The fourth-order valence-electron chi connectivity index (χ4n) is 2.19. The molecule has 2 aromatic heterocycles. The van der Waals surface area contributed by atoms with E-state index in [4.69, 9.17) is 16.1 Å². The Morgan fingerprint density at radius 2 is 1.96 bits per heavy atom. The van der Waals surface area contributed by atoms with E-state index in [1.807, 2.05) is 0 Å². The number of nitro groups is 1. The number of nitrogens with one attached hydrogen (secondary N) is 1. The van der Waals surface area contributed by atoms with Crippen molar-refractivity contribution in [1.29, 1.82) is 0 Å². The minimum absolute atomic E-state index is 0.0760. The molecular weight excluding hydrogens is 391 g/mol. The highest BCUT2D eigenvalue weighted by atomic mass is 35.5. The van der Waals surface area contributed by atoms with Gasteiger partial charge in [0, 0.05) is 24.0 Å². The Labute approximate surface area is 154 Å². The Morgan fingerprint density at radius 3 is 2.59 bits per heavy atom. The van der Waals surface area contributed by atoms with Crippen LogP contribution >= 0.6 is 11.6 Å². The van der Waals surface area contributed by atoms with Gasteiger partial charge in [-0.2, -0.15) is 18.2 Å². The van der Waals surface area contributed by atoms with Crippen LogP contribution in [0.5, 0.6) is 0 Å². The lowest BCUT2D eigenvalue weighted by Gasteiger charge is -2.11. The van der Waals surface area contributed by atoms with Gasteiger partial charge in [-0.1, -0.05) is 16.8 Å². The van der Waals surface area contributed by atoms with Crippen molar-refractivity contribution < 1.29 is 22.6 Å². The lowest BCUT2D eigenvalue weighted by atomic mass is 10.1. The van der Waals surface area contributed by atoms with Crippen LogP contribution in [-0.4, -0.2) is 20.0 Å². The summed E-state index contributed by atoms with van der Waals surface area (Å²) in [4.78, 5) is 18.1. The first-order valence-electron chi connectivity index (χ1n) is 7.27. The molecule has 0 fully saturated rings. The molecule has 140 valence electrons. The molecule has 3 aromatic rings. The van der Waals surface area contributed by atoms with Gasteiger partial charge in [-0.25, -0.2) is 0 Å². The number of halogens is 4. The molecule has 0 bridgehead atoms. The molecule has 1 N–H and O–H groups in total. The SMILES string of the molecule is O=[N+]([O-])c1cc(C(F)(F)F)c(Cl)cc1NCc1nc(-c2ccncc2)no1. The van der Waals surface area contributed by atoms with Crippen LogP contribution in [0.1, 0.15) is 11.5 Å². The maximum Gasteiger partial charge on any atom is 0.418 e. The van der Waals surface area contributed by atoms with E-state index in [-0.39, 0.29) is 23.9 Å². The van der Waals surface area contributed by atoms with Crippen molar-refractivity contribution in [3.8, 4) is 11.4 Å². The summed E-state index contributed by atoms with van der Waals surface area (Å²) >= 11 is 5.62. The van der Waals surface area contributed by atoms with Gasteiger partial charge in [-0.15, -0.1) is 0 Å². The molecule has 8 nitrogen and oxygen atoms in total. The summed E-state index contributed by atoms with van der Waals surface area (Å²) in [7, 11) is 0. The van der Waals surface area contributed by atoms with Gasteiger partial charge in [-0.05, 0) is 18.2 Å². The van der Waals surface area contributed by atoms with Gasteiger partial charge in [0.1, 0.15) is 5.69 Å². The zero-order valence-corrected chi connectivity index (χ0v) is 14.0. The molecule has 0 amide bonds. The van der Waals surface area contributed by atoms with E-state index in [1.54, 1.807) is 12.1 Å². The topological polar surface area (TPSA) is 107 Å². The van der Waals surface area contributed by atoms with Crippen LogP contribution in [-0.2, 0) is 12.7 Å². The standard InChI is InChI=1S/C15H9ClF3N5O3/c16-10-6-11(12(24(25)26)5-9(10)15(17,18)19)21-7-13-22-14(23-27-13)8-1-3-20-4-2-8/h1-6,21H,7H2. The number of aromatic nitrogens is 3. The quantitative estimate of drug-likeness (QED) is 0.502. The maximum atomic E-state index is 12.9. The highest BCUT2D eigenvalue weighted by molar-refractivity contribution is 6.31. The third kappa shape index (κ3) is 4.14. The van der Waals surface area contributed by atoms with E-state index in [0.717, 1.165) is 6.07 Å². The predicted molar refractivity (Wildman–Crippen MR) is 88.0 cm³/mol. The fourth-order valence-corrected chi connectivity index (χ4v) is 2.46. The molecule has 0 aliphatic heterocycles. The average Bonchev–Trinajstić information content (AvgIpc) is 3.08. The Bertz CT molecular complexity index is 979. The molecule has 27 heavy (non-hydrogen) atoms. The Hall–Kier alpha value is -3.21. The van der Waals surface area contributed by atoms with E-state index in [2.05, 4.69) is 20.4 Å². The van der Waals surface area contributed by atoms with Crippen molar-refractivity contribution in [3.05, 3.63) is 63.3 Å². The number of pyridine rings is 1. The van der Waals surface area contributed by atoms with Crippen LogP contribution < -0.4 is 5.32 Å². The molecule has 0 saturated carbocycles. The van der Waals surface area contributed by atoms with Crippen LogP contribution in [0.15, 0.2) is 41.2 Å². The molecule has 0 unspecified atom stereocenters. The molecule has 2 heterocycles. The van der Waals surface area contributed by atoms with Crippen LogP contribution in [0.2, 0.25) is 5.02 Å². The van der Waals surface area contributed by atoms with Gasteiger partial charge in [0.05, 0.1) is 22.1 Å². The first kappa shape index (κ1) is 18.6. The molecule has 0 aliphatic carbocycles. The first-order chi connectivity index (χ1) is 12.8. The molecule has 1 aromatic carbocycles. The summed E-state index contributed by atoms with van der Waals surface area (Å²) < 4.78 is 43.6. The lowest BCUT2D eigenvalue weighted by Crippen LogP contribution is -2.09. The van der Waals surface area contributed by atoms with Gasteiger partial charge < -0.3 is 9.84 Å². The second-order valence-electron chi connectivity index (χ2n) is 5.21. The predicted octanol–water partition coefficient (Wildman–Crippen LogP) is 4.32. The Kier molecular flexibility index (Phi) is 4.95. The fraction of sp³-hybridized carbons (Fsp3) is 0.133. The van der Waals surface area contributed by atoms with Crippen LogP contribution in [0.4, 0.5) is 24.5 Å². The number of hydrogen-bond donors (Lipinski definition) is 1. The van der Waals surface area contributed by atoms with Crippen molar-refractivity contribution in [1.82, 2.24) is 15.1 Å². The van der Waals surface area contributed by atoms with Gasteiger partial charge in [-0.3, -0.25) is 15.1 Å². The second-order valence-corrected chi connectivity index (χ2v) is 5.61. The maximum absolute atomic E-state index is 12.9. The number of nitrogens with zero attached hydrogens (tertiary/aromatic N) is 4. The third-order valence-electron chi connectivity index (χ3n) is 3.42. The third-order valence-corrected chi connectivity index (χ3v) is 3.74. The van der Waals surface area contributed by atoms with E-state index in [1.165, 1.54) is 12.4 Å².